The second-order valence-corrected chi connectivity index (χ2v) is 4.30. The lowest BCUT2D eigenvalue weighted by atomic mass is 10.1. The molecule has 1 rings (SSSR count). The molecule has 1 aromatic rings. The van der Waals surface area contributed by atoms with Gasteiger partial charge in [0.05, 0.1) is 18.2 Å². The van der Waals surface area contributed by atoms with Crippen LogP contribution in [0.5, 0.6) is 0 Å². The lowest BCUT2D eigenvalue weighted by Gasteiger charge is -2.12. The van der Waals surface area contributed by atoms with Crippen LogP contribution in [0.25, 0.3) is 0 Å². The molecule has 0 aliphatic carbocycles. The molecular formula is C13H22N2O2. The molecule has 0 aliphatic heterocycles. The summed E-state index contributed by atoms with van der Waals surface area (Å²) in [6, 6.07) is 2.34. The van der Waals surface area contributed by atoms with E-state index in [0.29, 0.717) is 25.3 Å². The second-order valence-electron chi connectivity index (χ2n) is 4.30. The molecule has 1 aromatic heterocycles. The summed E-state index contributed by atoms with van der Waals surface area (Å²) in [5, 5.41) is 13.1. The van der Waals surface area contributed by atoms with Crippen LogP contribution < -0.4 is 0 Å². The van der Waals surface area contributed by atoms with Gasteiger partial charge in [0.15, 0.2) is 0 Å². The molecule has 0 radical (unpaired) electrons. The van der Waals surface area contributed by atoms with Crippen molar-refractivity contribution in [2.24, 2.45) is 0 Å². The van der Waals surface area contributed by atoms with E-state index in [1.807, 2.05) is 16.9 Å². The zero-order valence-electron chi connectivity index (χ0n) is 10.7. The number of Topliss-reactive ketones (excluding diaryl/α,β-unsaturated/α-hetero) is 1. The molecule has 0 atom stereocenters. The number of carbonyl (C=O) groups is 1. The maximum atomic E-state index is 11.5. The molecule has 4 nitrogen and oxygen atoms in total. The normalized spacial score (nSPS) is 11.1. The van der Waals surface area contributed by atoms with Crippen LogP contribution >= 0.6 is 0 Å². The van der Waals surface area contributed by atoms with Crippen LogP contribution in [0.15, 0.2) is 12.3 Å². The summed E-state index contributed by atoms with van der Waals surface area (Å²) in [4.78, 5) is 11.5. The van der Waals surface area contributed by atoms with Crippen molar-refractivity contribution in [1.82, 2.24) is 9.78 Å². The van der Waals surface area contributed by atoms with Crippen LogP contribution in [0.3, 0.4) is 0 Å². The van der Waals surface area contributed by atoms with E-state index in [1.54, 1.807) is 0 Å². The number of ketones is 1. The van der Waals surface area contributed by atoms with Crippen molar-refractivity contribution < 1.29 is 9.90 Å². The quantitative estimate of drug-likeness (QED) is 0.754. The Morgan fingerprint density at radius 3 is 2.76 bits per heavy atom. The summed E-state index contributed by atoms with van der Waals surface area (Å²) in [5.41, 5.74) is 0.833. The smallest absolute Gasteiger partial charge is 0.139 e. The van der Waals surface area contributed by atoms with Gasteiger partial charge in [-0.1, -0.05) is 13.8 Å². The largest absolute Gasteiger partial charge is 0.396 e. The number of aromatic nitrogens is 2. The molecule has 4 heteroatoms. The van der Waals surface area contributed by atoms with E-state index >= 15 is 0 Å². The van der Waals surface area contributed by atoms with Gasteiger partial charge in [0.25, 0.3) is 0 Å². The maximum Gasteiger partial charge on any atom is 0.139 e. The summed E-state index contributed by atoms with van der Waals surface area (Å²) in [6.45, 7) is 4.36. The zero-order valence-corrected chi connectivity index (χ0v) is 10.7. The maximum absolute atomic E-state index is 11.5. The van der Waals surface area contributed by atoms with E-state index in [9.17, 15) is 4.79 Å². The third-order valence-electron chi connectivity index (χ3n) is 2.97. The Kier molecular flexibility index (Phi) is 5.91. The Morgan fingerprint density at radius 1 is 1.47 bits per heavy atom. The number of aliphatic hydroxyl groups excluding tert-OH is 1. The molecule has 17 heavy (non-hydrogen) atoms. The van der Waals surface area contributed by atoms with Gasteiger partial charge in [-0.2, -0.15) is 5.10 Å². The minimum Gasteiger partial charge on any atom is -0.396 e. The Morgan fingerprint density at radius 2 is 2.18 bits per heavy atom. The van der Waals surface area contributed by atoms with Gasteiger partial charge < -0.3 is 5.11 Å². The SMILES string of the molecule is CCC(CC)n1ccc(CC(=O)CCCO)n1. The molecule has 0 amide bonds. The molecule has 0 unspecified atom stereocenters. The molecule has 0 aromatic carbocycles. The molecule has 0 bridgehead atoms. The highest BCUT2D eigenvalue weighted by atomic mass is 16.3. The van der Waals surface area contributed by atoms with E-state index in [4.69, 9.17) is 5.11 Å². The first kappa shape index (κ1) is 13.9. The fourth-order valence-electron chi connectivity index (χ4n) is 1.90. The van der Waals surface area contributed by atoms with Crippen molar-refractivity contribution in [3.8, 4) is 0 Å². The summed E-state index contributed by atoms with van der Waals surface area (Å²) in [6.07, 6.45) is 5.42. The predicted molar refractivity (Wildman–Crippen MR) is 66.9 cm³/mol. The molecule has 0 aliphatic rings. The van der Waals surface area contributed by atoms with Crippen LogP contribution in [0.4, 0.5) is 0 Å². The van der Waals surface area contributed by atoms with Gasteiger partial charge in [0, 0.05) is 19.2 Å². The van der Waals surface area contributed by atoms with Crippen LogP contribution in [-0.2, 0) is 11.2 Å². The lowest BCUT2D eigenvalue weighted by Crippen LogP contribution is -2.09. The highest BCUT2D eigenvalue weighted by Gasteiger charge is 2.10. The van der Waals surface area contributed by atoms with Crippen LogP contribution in [-0.4, -0.2) is 27.3 Å². The standard InChI is InChI=1S/C13H22N2O2/c1-3-12(4-2)15-8-7-11(14-15)10-13(17)6-5-9-16/h7-8,12,16H,3-6,9-10H2,1-2H3. The van der Waals surface area contributed by atoms with Crippen molar-refractivity contribution >= 4 is 5.78 Å². The van der Waals surface area contributed by atoms with E-state index < -0.39 is 0 Å². The first-order valence-corrected chi connectivity index (χ1v) is 6.37. The van der Waals surface area contributed by atoms with Gasteiger partial charge in [0.1, 0.15) is 5.78 Å². The second kappa shape index (κ2) is 7.22. The van der Waals surface area contributed by atoms with Crippen LogP contribution in [0.1, 0.15) is 51.3 Å². The van der Waals surface area contributed by atoms with Crippen molar-refractivity contribution in [1.29, 1.82) is 0 Å². The topological polar surface area (TPSA) is 55.1 Å². The number of aliphatic hydroxyl groups is 1. The average Bonchev–Trinajstić information content (AvgIpc) is 2.76. The molecule has 0 saturated heterocycles. The lowest BCUT2D eigenvalue weighted by molar-refractivity contribution is -0.118. The first-order valence-electron chi connectivity index (χ1n) is 6.37. The van der Waals surface area contributed by atoms with Crippen molar-refractivity contribution in [3.05, 3.63) is 18.0 Å². The number of hydrogen-bond acceptors (Lipinski definition) is 3. The molecule has 96 valence electrons. The highest BCUT2D eigenvalue weighted by Crippen LogP contribution is 2.14. The minimum atomic E-state index is 0.0773. The molecule has 1 heterocycles. The molecular weight excluding hydrogens is 216 g/mol. The Hall–Kier alpha value is -1.16. The molecule has 0 saturated carbocycles. The van der Waals surface area contributed by atoms with Gasteiger partial charge in [0.2, 0.25) is 0 Å². The average molecular weight is 238 g/mol. The number of rotatable bonds is 8. The van der Waals surface area contributed by atoms with E-state index in [1.165, 1.54) is 0 Å². The van der Waals surface area contributed by atoms with Gasteiger partial charge in [-0.15, -0.1) is 0 Å². The summed E-state index contributed by atoms with van der Waals surface area (Å²) >= 11 is 0. The monoisotopic (exact) mass is 238 g/mol. The number of carbonyl (C=O) groups excluding carboxylic acids is 1. The molecule has 0 fully saturated rings. The van der Waals surface area contributed by atoms with Crippen LogP contribution in [0.2, 0.25) is 0 Å². The van der Waals surface area contributed by atoms with Crippen molar-refractivity contribution in [2.75, 3.05) is 6.61 Å². The third kappa shape index (κ3) is 4.30. The predicted octanol–water partition coefficient (Wildman–Crippen LogP) is 2.13. The Bertz CT molecular complexity index is 343. The number of hydrogen-bond donors (Lipinski definition) is 1. The van der Waals surface area contributed by atoms with Gasteiger partial charge in [-0.05, 0) is 25.3 Å². The van der Waals surface area contributed by atoms with E-state index in [-0.39, 0.29) is 12.4 Å². The Labute approximate surface area is 103 Å². The van der Waals surface area contributed by atoms with Gasteiger partial charge in [-0.25, -0.2) is 0 Å². The summed E-state index contributed by atoms with van der Waals surface area (Å²) in [7, 11) is 0. The number of nitrogens with zero attached hydrogens (tertiary/aromatic N) is 2. The molecule has 0 spiro atoms. The highest BCUT2D eigenvalue weighted by molar-refractivity contribution is 5.80. The van der Waals surface area contributed by atoms with Gasteiger partial charge >= 0.3 is 0 Å². The van der Waals surface area contributed by atoms with Crippen LogP contribution in [0, 0.1) is 0 Å². The zero-order chi connectivity index (χ0) is 12.7. The Balaban J connectivity index is 2.53. The van der Waals surface area contributed by atoms with Crippen molar-refractivity contribution in [2.45, 2.75) is 52.0 Å². The van der Waals surface area contributed by atoms with Crippen molar-refractivity contribution in [3.63, 3.8) is 0 Å². The van der Waals surface area contributed by atoms with E-state index in [0.717, 1.165) is 18.5 Å². The fraction of sp³-hybridized carbons (Fsp3) is 0.692. The fourth-order valence-corrected chi connectivity index (χ4v) is 1.90. The van der Waals surface area contributed by atoms with E-state index in [2.05, 4.69) is 18.9 Å². The molecule has 1 N–H and O–H groups in total. The van der Waals surface area contributed by atoms with Gasteiger partial charge in [-0.3, -0.25) is 9.48 Å². The third-order valence-corrected chi connectivity index (χ3v) is 2.97. The summed E-state index contributed by atoms with van der Waals surface area (Å²) < 4.78 is 1.95. The first-order chi connectivity index (χ1) is 8.21. The summed E-state index contributed by atoms with van der Waals surface area (Å²) in [5.74, 6) is 0.147. The minimum absolute atomic E-state index is 0.0773.